The van der Waals surface area contributed by atoms with E-state index in [2.05, 4.69) is 42.0 Å². The molecule has 0 aromatic carbocycles. The number of alkyl halides is 1. The van der Waals surface area contributed by atoms with E-state index >= 15 is 0 Å². The molecule has 1 unspecified atom stereocenters. The first-order valence-corrected chi connectivity index (χ1v) is 8.00. The molecule has 1 rings (SSSR count). The normalized spacial score (nSPS) is 30.9. The average Bonchev–Trinajstić information content (AvgIpc) is 2.32. The highest BCUT2D eigenvalue weighted by Gasteiger charge is 2.34. The molecule has 0 aromatic rings. The van der Waals surface area contributed by atoms with Crippen LogP contribution in [-0.2, 0) is 4.79 Å². The first-order valence-electron chi connectivity index (χ1n) is 6.88. The third kappa shape index (κ3) is 4.61. The summed E-state index contributed by atoms with van der Waals surface area (Å²) in [4.78, 5) is 12.0. The summed E-state index contributed by atoms with van der Waals surface area (Å²) in [6, 6.07) is 0. The summed E-state index contributed by atoms with van der Waals surface area (Å²) in [6.45, 7) is 6.59. The number of rotatable bonds is 5. The Kier molecular flexibility index (Phi) is 5.98. The maximum atomic E-state index is 12.0. The van der Waals surface area contributed by atoms with Crippen molar-refractivity contribution in [2.24, 2.45) is 11.8 Å². The van der Waals surface area contributed by atoms with Gasteiger partial charge in [-0.05, 0) is 37.5 Å². The molecule has 17 heavy (non-hydrogen) atoms. The minimum atomic E-state index is 0.0249. The van der Waals surface area contributed by atoms with Crippen LogP contribution in [0.5, 0.6) is 0 Å². The highest BCUT2D eigenvalue weighted by Crippen LogP contribution is 2.33. The predicted octanol–water partition coefficient (Wildman–Crippen LogP) is 3.88. The molecule has 1 aliphatic rings. The number of hydrogen-bond acceptors (Lipinski definition) is 1. The standard InChI is InChI=1S/C14H26BrNO/c1-4-11(2)9-13(17)16-14(10-15)7-5-12(3)6-8-14/h11-12H,4-10H2,1-3H3,(H,16,17). The number of hydrogen-bond donors (Lipinski definition) is 1. The van der Waals surface area contributed by atoms with Crippen molar-refractivity contribution in [1.29, 1.82) is 0 Å². The van der Waals surface area contributed by atoms with Crippen molar-refractivity contribution >= 4 is 21.8 Å². The Morgan fingerprint density at radius 1 is 1.47 bits per heavy atom. The van der Waals surface area contributed by atoms with Gasteiger partial charge in [0.2, 0.25) is 5.91 Å². The molecule has 1 atom stereocenters. The van der Waals surface area contributed by atoms with E-state index in [1.165, 1.54) is 12.8 Å². The molecule has 0 aromatic heterocycles. The molecule has 1 saturated carbocycles. The van der Waals surface area contributed by atoms with E-state index in [4.69, 9.17) is 0 Å². The molecule has 0 saturated heterocycles. The Bertz CT molecular complexity index is 247. The summed E-state index contributed by atoms with van der Waals surface area (Å²) in [5.74, 6) is 1.53. The van der Waals surface area contributed by atoms with E-state index in [1.807, 2.05) is 0 Å². The SMILES string of the molecule is CCC(C)CC(=O)NC1(CBr)CCC(C)CC1. The van der Waals surface area contributed by atoms with Gasteiger partial charge in [-0.3, -0.25) is 4.79 Å². The number of carbonyl (C=O) groups excluding carboxylic acids is 1. The Morgan fingerprint density at radius 2 is 2.06 bits per heavy atom. The maximum Gasteiger partial charge on any atom is 0.220 e. The zero-order chi connectivity index (χ0) is 12.9. The Balaban J connectivity index is 2.48. The zero-order valence-corrected chi connectivity index (χ0v) is 13.0. The number of amides is 1. The first-order chi connectivity index (χ1) is 8.01. The number of carbonyl (C=O) groups is 1. The lowest BCUT2D eigenvalue weighted by Gasteiger charge is -2.39. The summed E-state index contributed by atoms with van der Waals surface area (Å²) in [5.41, 5.74) is 0.0249. The van der Waals surface area contributed by atoms with Crippen LogP contribution in [0, 0.1) is 11.8 Å². The van der Waals surface area contributed by atoms with Crippen LogP contribution in [0.4, 0.5) is 0 Å². The van der Waals surface area contributed by atoms with Gasteiger partial charge in [0.05, 0.1) is 0 Å². The second-order valence-corrected chi connectivity index (χ2v) is 6.42. The van der Waals surface area contributed by atoms with Gasteiger partial charge in [-0.25, -0.2) is 0 Å². The molecule has 1 fully saturated rings. The van der Waals surface area contributed by atoms with Gasteiger partial charge in [0.15, 0.2) is 0 Å². The van der Waals surface area contributed by atoms with Crippen molar-refractivity contribution in [3.63, 3.8) is 0 Å². The molecule has 1 aliphatic carbocycles. The van der Waals surface area contributed by atoms with E-state index in [-0.39, 0.29) is 11.4 Å². The summed E-state index contributed by atoms with van der Waals surface area (Å²) in [6.07, 6.45) is 6.44. The predicted molar refractivity (Wildman–Crippen MR) is 76.4 cm³/mol. The number of halogens is 1. The summed E-state index contributed by atoms with van der Waals surface area (Å²) >= 11 is 3.59. The van der Waals surface area contributed by atoms with Gasteiger partial charge in [0.1, 0.15) is 0 Å². The summed E-state index contributed by atoms with van der Waals surface area (Å²) in [5, 5.41) is 4.17. The van der Waals surface area contributed by atoms with Crippen molar-refractivity contribution in [2.45, 2.75) is 64.8 Å². The van der Waals surface area contributed by atoms with Gasteiger partial charge in [0, 0.05) is 17.3 Å². The fourth-order valence-corrected chi connectivity index (χ4v) is 3.12. The molecule has 0 spiro atoms. The second-order valence-electron chi connectivity index (χ2n) is 5.86. The van der Waals surface area contributed by atoms with Crippen molar-refractivity contribution in [3.8, 4) is 0 Å². The van der Waals surface area contributed by atoms with Gasteiger partial charge in [-0.15, -0.1) is 0 Å². The Labute approximate surface area is 114 Å². The molecule has 2 nitrogen and oxygen atoms in total. The molecular weight excluding hydrogens is 278 g/mol. The Hall–Kier alpha value is -0.0500. The van der Waals surface area contributed by atoms with Gasteiger partial charge >= 0.3 is 0 Å². The quantitative estimate of drug-likeness (QED) is 0.767. The molecule has 1 amide bonds. The molecule has 0 radical (unpaired) electrons. The fourth-order valence-electron chi connectivity index (χ4n) is 2.41. The summed E-state index contributed by atoms with van der Waals surface area (Å²) in [7, 11) is 0. The molecule has 0 bridgehead atoms. The van der Waals surface area contributed by atoms with Crippen molar-refractivity contribution in [3.05, 3.63) is 0 Å². The van der Waals surface area contributed by atoms with E-state index in [1.54, 1.807) is 0 Å². The highest BCUT2D eigenvalue weighted by molar-refractivity contribution is 9.09. The maximum absolute atomic E-state index is 12.0. The van der Waals surface area contributed by atoms with Crippen LogP contribution in [0.3, 0.4) is 0 Å². The van der Waals surface area contributed by atoms with Gasteiger partial charge in [-0.2, -0.15) is 0 Å². The fraction of sp³-hybridized carbons (Fsp3) is 0.929. The minimum Gasteiger partial charge on any atom is -0.350 e. The average molecular weight is 304 g/mol. The first kappa shape index (κ1) is 15.0. The van der Waals surface area contributed by atoms with Crippen LogP contribution in [-0.4, -0.2) is 16.8 Å². The smallest absolute Gasteiger partial charge is 0.220 e. The van der Waals surface area contributed by atoms with Crippen LogP contribution >= 0.6 is 15.9 Å². The lowest BCUT2D eigenvalue weighted by molar-refractivity contribution is -0.124. The van der Waals surface area contributed by atoms with Crippen LogP contribution in [0.15, 0.2) is 0 Å². The van der Waals surface area contributed by atoms with E-state index < -0.39 is 0 Å². The summed E-state index contributed by atoms with van der Waals surface area (Å²) < 4.78 is 0. The molecule has 100 valence electrons. The zero-order valence-electron chi connectivity index (χ0n) is 11.4. The third-order valence-electron chi connectivity index (χ3n) is 4.12. The number of nitrogens with one attached hydrogen (secondary N) is 1. The lowest BCUT2D eigenvalue weighted by Crippen LogP contribution is -2.52. The van der Waals surface area contributed by atoms with Crippen molar-refractivity contribution in [2.75, 3.05) is 5.33 Å². The van der Waals surface area contributed by atoms with Crippen LogP contribution < -0.4 is 5.32 Å². The van der Waals surface area contributed by atoms with Gasteiger partial charge in [-0.1, -0.05) is 43.1 Å². The molecule has 1 N–H and O–H groups in total. The molecule has 0 heterocycles. The second kappa shape index (κ2) is 6.77. The van der Waals surface area contributed by atoms with Crippen LogP contribution in [0.2, 0.25) is 0 Å². The van der Waals surface area contributed by atoms with Crippen LogP contribution in [0.1, 0.15) is 59.3 Å². The monoisotopic (exact) mass is 303 g/mol. The molecular formula is C14H26BrNO. The van der Waals surface area contributed by atoms with E-state index in [0.29, 0.717) is 12.3 Å². The minimum absolute atomic E-state index is 0.0249. The molecule has 3 heteroatoms. The van der Waals surface area contributed by atoms with E-state index in [0.717, 1.165) is 30.5 Å². The Morgan fingerprint density at radius 3 is 2.53 bits per heavy atom. The van der Waals surface area contributed by atoms with E-state index in [9.17, 15) is 4.79 Å². The van der Waals surface area contributed by atoms with Gasteiger partial charge in [0.25, 0.3) is 0 Å². The van der Waals surface area contributed by atoms with Crippen molar-refractivity contribution in [1.82, 2.24) is 5.32 Å². The van der Waals surface area contributed by atoms with Crippen LogP contribution in [0.25, 0.3) is 0 Å². The van der Waals surface area contributed by atoms with Gasteiger partial charge < -0.3 is 5.32 Å². The largest absolute Gasteiger partial charge is 0.350 e. The van der Waals surface area contributed by atoms with Crippen molar-refractivity contribution < 1.29 is 4.79 Å². The molecule has 0 aliphatic heterocycles. The lowest BCUT2D eigenvalue weighted by atomic mass is 9.78. The topological polar surface area (TPSA) is 29.1 Å². The third-order valence-corrected chi connectivity index (χ3v) is 5.20. The highest BCUT2D eigenvalue weighted by atomic mass is 79.9.